The molecule has 8 heteroatoms. The predicted molar refractivity (Wildman–Crippen MR) is 133 cm³/mol. The second kappa shape index (κ2) is 10.1. The van der Waals surface area contributed by atoms with Crippen molar-refractivity contribution in [1.29, 1.82) is 0 Å². The standard InChI is InChI=1S/C26H27N3O4S/c1-29(21-11-3-2-4-12-21)34(32,33)22-17-15-19(16-18-22)25(30)28-24-14-8-7-13-23(24)26(31)27-20-9-5-6-10-20/h2-4,7-8,11-18,20H,5-6,9-10H2,1H3,(H,27,31)(H,28,30). The van der Waals surface area contributed by atoms with Gasteiger partial charge >= 0.3 is 0 Å². The molecule has 0 radical (unpaired) electrons. The van der Waals surface area contributed by atoms with Gasteiger partial charge in [0.05, 0.1) is 21.8 Å². The number of para-hydroxylation sites is 2. The third kappa shape index (κ3) is 5.12. The van der Waals surface area contributed by atoms with E-state index >= 15 is 0 Å². The van der Waals surface area contributed by atoms with Crippen LogP contribution >= 0.6 is 0 Å². The van der Waals surface area contributed by atoms with Crippen LogP contribution in [0.15, 0.2) is 83.8 Å². The lowest BCUT2D eigenvalue weighted by molar-refractivity contribution is 0.0938. The van der Waals surface area contributed by atoms with E-state index in [1.54, 1.807) is 48.5 Å². The molecule has 3 aromatic carbocycles. The van der Waals surface area contributed by atoms with Crippen molar-refractivity contribution in [2.24, 2.45) is 0 Å². The largest absolute Gasteiger partial charge is 0.349 e. The van der Waals surface area contributed by atoms with Gasteiger partial charge in [-0.05, 0) is 61.4 Å². The Hall–Kier alpha value is -3.65. The summed E-state index contributed by atoms with van der Waals surface area (Å²) < 4.78 is 27.1. The van der Waals surface area contributed by atoms with Crippen molar-refractivity contribution in [3.05, 3.63) is 90.0 Å². The van der Waals surface area contributed by atoms with E-state index in [4.69, 9.17) is 0 Å². The van der Waals surface area contributed by atoms with E-state index in [0.29, 0.717) is 16.9 Å². The summed E-state index contributed by atoms with van der Waals surface area (Å²) in [5.41, 5.74) is 1.62. The molecular weight excluding hydrogens is 450 g/mol. The van der Waals surface area contributed by atoms with Crippen molar-refractivity contribution >= 4 is 33.2 Å². The van der Waals surface area contributed by atoms with E-state index in [2.05, 4.69) is 10.6 Å². The van der Waals surface area contributed by atoms with Crippen molar-refractivity contribution in [3.8, 4) is 0 Å². The molecular formula is C26H27N3O4S. The first-order chi connectivity index (χ1) is 16.4. The molecule has 2 amide bonds. The summed E-state index contributed by atoms with van der Waals surface area (Å²) in [7, 11) is -2.29. The Bertz CT molecular complexity index is 1270. The molecule has 34 heavy (non-hydrogen) atoms. The lowest BCUT2D eigenvalue weighted by Gasteiger charge is -2.19. The second-order valence-corrected chi connectivity index (χ2v) is 10.3. The number of hydrogen-bond donors (Lipinski definition) is 2. The maximum Gasteiger partial charge on any atom is 0.264 e. The topological polar surface area (TPSA) is 95.6 Å². The molecule has 7 nitrogen and oxygen atoms in total. The predicted octanol–water partition coefficient (Wildman–Crippen LogP) is 4.44. The highest BCUT2D eigenvalue weighted by Gasteiger charge is 2.23. The summed E-state index contributed by atoms with van der Waals surface area (Å²) in [6, 6.07) is 21.5. The molecule has 1 aliphatic rings. The average molecular weight is 478 g/mol. The molecule has 0 aliphatic heterocycles. The van der Waals surface area contributed by atoms with Gasteiger partial charge in [0.1, 0.15) is 0 Å². The minimum Gasteiger partial charge on any atom is -0.349 e. The SMILES string of the molecule is CN(c1ccccc1)S(=O)(=O)c1ccc(C(=O)Nc2ccccc2C(=O)NC2CCCC2)cc1. The van der Waals surface area contributed by atoms with Crippen molar-refractivity contribution in [2.75, 3.05) is 16.7 Å². The maximum absolute atomic E-state index is 12.9. The van der Waals surface area contributed by atoms with Gasteiger partial charge in [-0.2, -0.15) is 0 Å². The van der Waals surface area contributed by atoms with Crippen molar-refractivity contribution in [1.82, 2.24) is 5.32 Å². The first kappa shape index (κ1) is 23.5. The summed E-state index contributed by atoms with van der Waals surface area (Å²) in [6.45, 7) is 0. The summed E-state index contributed by atoms with van der Waals surface area (Å²) >= 11 is 0. The Kier molecular flexibility index (Phi) is 6.98. The number of sulfonamides is 1. The van der Waals surface area contributed by atoms with Crippen molar-refractivity contribution < 1.29 is 18.0 Å². The van der Waals surface area contributed by atoms with Crippen molar-refractivity contribution in [3.63, 3.8) is 0 Å². The monoisotopic (exact) mass is 477 g/mol. The molecule has 176 valence electrons. The summed E-state index contributed by atoms with van der Waals surface area (Å²) in [5, 5.41) is 5.81. The molecule has 4 rings (SSSR count). The van der Waals surface area contributed by atoms with Crippen LogP contribution in [0.5, 0.6) is 0 Å². The van der Waals surface area contributed by atoms with Crippen LogP contribution in [0.1, 0.15) is 46.4 Å². The molecule has 1 saturated carbocycles. The molecule has 1 aliphatic carbocycles. The number of anilines is 2. The highest BCUT2D eigenvalue weighted by molar-refractivity contribution is 7.92. The normalized spacial score (nSPS) is 13.9. The van der Waals surface area contributed by atoms with Crippen LogP contribution in [-0.2, 0) is 10.0 Å². The molecule has 0 unspecified atom stereocenters. The Balaban J connectivity index is 1.48. The molecule has 2 N–H and O–H groups in total. The second-order valence-electron chi connectivity index (χ2n) is 8.29. The molecule has 0 aromatic heterocycles. The number of hydrogen-bond acceptors (Lipinski definition) is 4. The van der Waals surface area contributed by atoms with Gasteiger partial charge in [-0.25, -0.2) is 8.42 Å². The van der Waals surface area contributed by atoms with Gasteiger partial charge in [0.25, 0.3) is 21.8 Å². The summed E-state index contributed by atoms with van der Waals surface area (Å²) in [6.07, 6.45) is 4.15. The fourth-order valence-electron chi connectivity index (χ4n) is 4.03. The maximum atomic E-state index is 12.9. The smallest absolute Gasteiger partial charge is 0.264 e. The molecule has 0 bridgehead atoms. The fourth-order valence-corrected chi connectivity index (χ4v) is 5.23. The van der Waals surface area contributed by atoms with Gasteiger partial charge in [0, 0.05) is 18.7 Å². The van der Waals surface area contributed by atoms with Gasteiger partial charge in [-0.1, -0.05) is 43.2 Å². The van der Waals surface area contributed by atoms with Gasteiger partial charge in [0.2, 0.25) is 0 Å². The number of carbonyl (C=O) groups is 2. The van der Waals surface area contributed by atoms with Gasteiger partial charge in [-0.3, -0.25) is 13.9 Å². The van der Waals surface area contributed by atoms with E-state index in [1.807, 2.05) is 6.07 Å². The molecule has 3 aromatic rings. The van der Waals surface area contributed by atoms with E-state index in [9.17, 15) is 18.0 Å². The first-order valence-corrected chi connectivity index (χ1v) is 12.7. The number of nitrogens with one attached hydrogen (secondary N) is 2. The lowest BCUT2D eigenvalue weighted by Crippen LogP contribution is -2.33. The third-order valence-corrected chi connectivity index (χ3v) is 7.80. The Morgan fingerprint density at radius 2 is 1.44 bits per heavy atom. The van der Waals surface area contributed by atoms with Gasteiger partial charge < -0.3 is 10.6 Å². The molecule has 0 atom stereocenters. The fraction of sp³-hybridized carbons (Fsp3) is 0.231. The van der Waals surface area contributed by atoms with E-state index < -0.39 is 15.9 Å². The zero-order chi connectivity index (χ0) is 24.1. The van der Waals surface area contributed by atoms with Crippen LogP contribution in [-0.4, -0.2) is 33.3 Å². The zero-order valence-electron chi connectivity index (χ0n) is 18.9. The van der Waals surface area contributed by atoms with Gasteiger partial charge in [0.15, 0.2) is 0 Å². The molecule has 0 spiro atoms. The van der Waals surface area contributed by atoms with E-state index in [1.165, 1.54) is 35.6 Å². The molecule has 1 fully saturated rings. The number of rotatable bonds is 7. The van der Waals surface area contributed by atoms with E-state index in [-0.39, 0.29) is 22.4 Å². The van der Waals surface area contributed by atoms with Gasteiger partial charge in [-0.15, -0.1) is 0 Å². The average Bonchev–Trinajstić information content (AvgIpc) is 3.37. The summed E-state index contributed by atoms with van der Waals surface area (Å²) in [4.78, 5) is 25.7. The highest BCUT2D eigenvalue weighted by Crippen LogP contribution is 2.23. The zero-order valence-corrected chi connectivity index (χ0v) is 19.7. The summed E-state index contributed by atoms with van der Waals surface area (Å²) in [5.74, 6) is -0.644. The number of nitrogens with zero attached hydrogens (tertiary/aromatic N) is 1. The van der Waals surface area contributed by atoms with Crippen LogP contribution < -0.4 is 14.9 Å². The van der Waals surface area contributed by atoms with Crippen molar-refractivity contribution in [2.45, 2.75) is 36.6 Å². The van der Waals surface area contributed by atoms with Crippen LogP contribution in [0, 0.1) is 0 Å². The number of carbonyl (C=O) groups excluding carboxylic acids is 2. The number of amides is 2. The van der Waals surface area contributed by atoms with Crippen LogP contribution in [0.25, 0.3) is 0 Å². The van der Waals surface area contributed by atoms with E-state index in [0.717, 1.165) is 25.7 Å². The van der Waals surface area contributed by atoms with Crippen LogP contribution in [0.4, 0.5) is 11.4 Å². The van der Waals surface area contributed by atoms with Crippen LogP contribution in [0.3, 0.4) is 0 Å². The third-order valence-electron chi connectivity index (χ3n) is 6.00. The molecule has 0 heterocycles. The Morgan fingerprint density at radius 1 is 0.824 bits per heavy atom. The Labute approximate surface area is 199 Å². The number of benzene rings is 3. The molecule has 0 saturated heterocycles. The lowest BCUT2D eigenvalue weighted by atomic mass is 10.1. The quantitative estimate of drug-likeness (QED) is 0.526. The minimum atomic E-state index is -3.77. The Morgan fingerprint density at radius 3 is 2.12 bits per heavy atom. The minimum absolute atomic E-state index is 0.0757. The first-order valence-electron chi connectivity index (χ1n) is 11.2. The van der Waals surface area contributed by atoms with Crippen LogP contribution in [0.2, 0.25) is 0 Å². The highest BCUT2D eigenvalue weighted by atomic mass is 32.2.